The first-order chi connectivity index (χ1) is 6.29. The van der Waals surface area contributed by atoms with Crippen molar-refractivity contribution in [2.75, 3.05) is 0 Å². The van der Waals surface area contributed by atoms with Crippen LogP contribution in [0.4, 0.5) is 0 Å². The molecule has 0 saturated carbocycles. The Labute approximate surface area is 78.3 Å². The summed E-state index contributed by atoms with van der Waals surface area (Å²) in [5.74, 6) is 1.09. The standard InChI is InChI=1S/C7H5N5S/c1-4-3-9-6(10-4)7-11-5(2-8)13-12-7/h3H,1H3,(H,9,10). The Morgan fingerprint density at radius 3 is 3.00 bits per heavy atom. The quantitative estimate of drug-likeness (QED) is 0.732. The number of nitrogens with zero attached hydrogens (tertiary/aromatic N) is 4. The van der Waals surface area contributed by atoms with E-state index in [1.54, 1.807) is 6.20 Å². The van der Waals surface area contributed by atoms with Crippen LogP contribution in [0.25, 0.3) is 11.6 Å². The van der Waals surface area contributed by atoms with Gasteiger partial charge in [0.05, 0.1) is 0 Å². The van der Waals surface area contributed by atoms with E-state index < -0.39 is 0 Å². The Morgan fingerprint density at radius 2 is 2.46 bits per heavy atom. The van der Waals surface area contributed by atoms with Crippen LogP contribution in [0.15, 0.2) is 6.20 Å². The zero-order chi connectivity index (χ0) is 9.26. The van der Waals surface area contributed by atoms with E-state index in [9.17, 15) is 0 Å². The molecule has 2 heterocycles. The van der Waals surface area contributed by atoms with Crippen LogP contribution in [-0.2, 0) is 0 Å². The smallest absolute Gasteiger partial charge is 0.214 e. The second-order valence-electron chi connectivity index (χ2n) is 2.45. The fourth-order valence-electron chi connectivity index (χ4n) is 0.891. The maximum atomic E-state index is 8.53. The molecule has 0 spiro atoms. The highest BCUT2D eigenvalue weighted by Gasteiger charge is 2.08. The van der Waals surface area contributed by atoms with E-state index in [0.29, 0.717) is 16.7 Å². The number of hydrogen-bond acceptors (Lipinski definition) is 5. The van der Waals surface area contributed by atoms with E-state index in [1.807, 2.05) is 13.0 Å². The summed E-state index contributed by atoms with van der Waals surface area (Å²) >= 11 is 1.07. The van der Waals surface area contributed by atoms with Crippen LogP contribution in [0.5, 0.6) is 0 Å². The predicted molar refractivity (Wildman–Crippen MR) is 46.9 cm³/mol. The van der Waals surface area contributed by atoms with Crippen molar-refractivity contribution in [3.05, 3.63) is 16.9 Å². The van der Waals surface area contributed by atoms with Crippen molar-refractivity contribution in [2.24, 2.45) is 0 Å². The summed E-state index contributed by atoms with van der Waals surface area (Å²) < 4.78 is 3.98. The van der Waals surface area contributed by atoms with Gasteiger partial charge in [0.1, 0.15) is 6.07 Å². The summed E-state index contributed by atoms with van der Waals surface area (Å²) in [6, 6.07) is 1.93. The lowest BCUT2D eigenvalue weighted by molar-refractivity contribution is 1.18. The van der Waals surface area contributed by atoms with E-state index >= 15 is 0 Å². The van der Waals surface area contributed by atoms with Crippen LogP contribution in [0.1, 0.15) is 10.7 Å². The van der Waals surface area contributed by atoms with Gasteiger partial charge < -0.3 is 4.98 Å². The molecule has 0 aromatic carbocycles. The fraction of sp³-hybridized carbons (Fsp3) is 0.143. The van der Waals surface area contributed by atoms with Crippen LogP contribution < -0.4 is 0 Å². The van der Waals surface area contributed by atoms with Gasteiger partial charge in [-0.3, -0.25) is 0 Å². The normalized spacial score (nSPS) is 9.85. The molecule has 0 unspecified atom stereocenters. The molecule has 2 aromatic heterocycles. The summed E-state index contributed by atoms with van der Waals surface area (Å²) in [5.41, 5.74) is 0.948. The van der Waals surface area contributed by atoms with Gasteiger partial charge in [-0.1, -0.05) is 0 Å². The third kappa shape index (κ3) is 1.41. The third-order valence-corrected chi connectivity index (χ3v) is 2.06. The largest absolute Gasteiger partial charge is 0.339 e. The summed E-state index contributed by atoms with van der Waals surface area (Å²) in [6.45, 7) is 1.90. The van der Waals surface area contributed by atoms with Gasteiger partial charge in [-0.2, -0.15) is 9.64 Å². The van der Waals surface area contributed by atoms with E-state index in [4.69, 9.17) is 5.26 Å². The lowest BCUT2D eigenvalue weighted by Gasteiger charge is -1.84. The average molecular weight is 191 g/mol. The minimum atomic E-state index is 0.351. The molecule has 2 aromatic rings. The Balaban J connectivity index is 2.42. The van der Waals surface area contributed by atoms with Gasteiger partial charge in [0.25, 0.3) is 0 Å². The van der Waals surface area contributed by atoms with Crippen molar-refractivity contribution >= 4 is 11.5 Å². The molecule has 0 bridgehead atoms. The van der Waals surface area contributed by atoms with Gasteiger partial charge in [0, 0.05) is 11.9 Å². The number of aromatic nitrogens is 4. The molecular weight excluding hydrogens is 186 g/mol. The number of nitriles is 1. The summed E-state index contributed by atoms with van der Waals surface area (Å²) in [5, 5.41) is 8.88. The molecular formula is C7H5N5S. The number of imidazole rings is 1. The van der Waals surface area contributed by atoms with Crippen molar-refractivity contribution in [1.82, 2.24) is 19.3 Å². The van der Waals surface area contributed by atoms with Crippen LogP contribution in [0.3, 0.4) is 0 Å². The summed E-state index contributed by atoms with van der Waals surface area (Å²) in [7, 11) is 0. The van der Waals surface area contributed by atoms with Gasteiger partial charge in [-0.05, 0) is 18.5 Å². The molecule has 0 radical (unpaired) electrons. The molecule has 13 heavy (non-hydrogen) atoms. The number of hydrogen-bond donors (Lipinski definition) is 1. The van der Waals surface area contributed by atoms with Gasteiger partial charge in [-0.25, -0.2) is 9.97 Å². The molecule has 5 nitrogen and oxygen atoms in total. The molecule has 0 atom stereocenters. The molecule has 0 aliphatic heterocycles. The van der Waals surface area contributed by atoms with Crippen molar-refractivity contribution in [1.29, 1.82) is 5.26 Å². The molecule has 1 N–H and O–H groups in total. The van der Waals surface area contributed by atoms with Gasteiger partial charge in [0.2, 0.25) is 10.8 Å². The van der Waals surface area contributed by atoms with Gasteiger partial charge in [0.15, 0.2) is 5.82 Å². The first-order valence-corrected chi connectivity index (χ1v) is 4.33. The minimum Gasteiger partial charge on any atom is -0.339 e. The Hall–Kier alpha value is -1.74. The molecule has 0 aliphatic rings. The number of aryl methyl sites for hydroxylation is 1. The molecule has 0 saturated heterocycles. The highest BCUT2D eigenvalue weighted by molar-refractivity contribution is 7.06. The Morgan fingerprint density at radius 1 is 1.62 bits per heavy atom. The lowest BCUT2D eigenvalue weighted by atomic mass is 10.5. The maximum Gasteiger partial charge on any atom is 0.214 e. The second kappa shape index (κ2) is 2.95. The summed E-state index contributed by atoms with van der Waals surface area (Å²) in [4.78, 5) is 11.0. The zero-order valence-electron chi connectivity index (χ0n) is 6.77. The van der Waals surface area contributed by atoms with E-state index in [2.05, 4.69) is 19.3 Å². The molecule has 64 valence electrons. The van der Waals surface area contributed by atoms with E-state index in [0.717, 1.165) is 17.2 Å². The number of aromatic amines is 1. The van der Waals surface area contributed by atoms with Crippen molar-refractivity contribution in [3.8, 4) is 17.7 Å². The summed E-state index contributed by atoms with van der Waals surface area (Å²) in [6.07, 6.45) is 1.70. The maximum absolute atomic E-state index is 8.53. The lowest BCUT2D eigenvalue weighted by Crippen LogP contribution is -1.83. The van der Waals surface area contributed by atoms with Crippen LogP contribution in [0.2, 0.25) is 0 Å². The second-order valence-corrected chi connectivity index (χ2v) is 3.20. The van der Waals surface area contributed by atoms with Gasteiger partial charge >= 0.3 is 0 Å². The van der Waals surface area contributed by atoms with E-state index in [-0.39, 0.29) is 0 Å². The average Bonchev–Trinajstić information content (AvgIpc) is 2.71. The van der Waals surface area contributed by atoms with Crippen molar-refractivity contribution in [2.45, 2.75) is 6.92 Å². The topological polar surface area (TPSA) is 78.2 Å². The van der Waals surface area contributed by atoms with Crippen LogP contribution >= 0.6 is 11.5 Å². The van der Waals surface area contributed by atoms with Crippen LogP contribution in [0, 0.1) is 18.3 Å². The first-order valence-electron chi connectivity index (χ1n) is 3.55. The Bertz CT molecular complexity index is 463. The molecule has 6 heteroatoms. The molecule has 0 aliphatic carbocycles. The minimum absolute atomic E-state index is 0.351. The van der Waals surface area contributed by atoms with Gasteiger partial charge in [-0.15, -0.1) is 0 Å². The predicted octanol–water partition coefficient (Wildman–Crippen LogP) is 1.11. The van der Waals surface area contributed by atoms with Crippen LogP contribution in [-0.4, -0.2) is 19.3 Å². The van der Waals surface area contributed by atoms with E-state index in [1.165, 1.54) is 0 Å². The number of H-pyrrole nitrogens is 1. The Kier molecular flexibility index (Phi) is 1.79. The van der Waals surface area contributed by atoms with Crippen molar-refractivity contribution in [3.63, 3.8) is 0 Å². The number of nitrogens with one attached hydrogen (secondary N) is 1. The number of rotatable bonds is 1. The SMILES string of the molecule is Cc1cnc(-c2nsc(C#N)n2)[nH]1. The highest BCUT2D eigenvalue weighted by atomic mass is 32.1. The fourth-order valence-corrected chi connectivity index (χ4v) is 1.36. The third-order valence-electron chi connectivity index (χ3n) is 1.44. The monoisotopic (exact) mass is 191 g/mol. The molecule has 2 rings (SSSR count). The first kappa shape index (κ1) is 7.89. The zero-order valence-corrected chi connectivity index (χ0v) is 7.59. The van der Waals surface area contributed by atoms with Crippen molar-refractivity contribution < 1.29 is 0 Å². The molecule has 0 fully saturated rings. The highest BCUT2D eigenvalue weighted by Crippen LogP contribution is 2.13. The molecule has 0 amide bonds.